The number of fused-ring (bicyclic) bond motifs is 1. The molecule has 0 unspecified atom stereocenters. The number of aromatic nitrogens is 1. The molecule has 62 valence electrons. The third-order valence-corrected chi connectivity index (χ3v) is 1.89. The molecule has 0 aliphatic rings. The SMILES string of the molecule is Cc1cc(CN)c2oncc2c1. The second-order valence-corrected chi connectivity index (χ2v) is 2.87. The minimum atomic E-state index is 0.493. The van der Waals surface area contributed by atoms with Crippen LogP contribution in [-0.2, 0) is 6.54 Å². The Bertz CT molecular complexity index is 406. The minimum absolute atomic E-state index is 0.493. The summed E-state index contributed by atoms with van der Waals surface area (Å²) in [6, 6.07) is 4.05. The molecule has 1 aromatic carbocycles. The van der Waals surface area contributed by atoms with Gasteiger partial charge in [0.1, 0.15) is 0 Å². The predicted octanol–water partition coefficient (Wildman–Crippen LogP) is 1.59. The molecule has 0 radical (unpaired) electrons. The van der Waals surface area contributed by atoms with Gasteiger partial charge in [0.25, 0.3) is 0 Å². The maximum Gasteiger partial charge on any atom is 0.171 e. The molecule has 0 amide bonds. The van der Waals surface area contributed by atoms with E-state index in [9.17, 15) is 0 Å². The highest BCUT2D eigenvalue weighted by Gasteiger charge is 2.04. The molecule has 3 nitrogen and oxygen atoms in total. The molecule has 2 rings (SSSR count). The lowest BCUT2D eigenvalue weighted by Gasteiger charge is -1.98. The zero-order valence-electron chi connectivity index (χ0n) is 6.87. The van der Waals surface area contributed by atoms with Crippen molar-refractivity contribution in [1.82, 2.24) is 5.16 Å². The topological polar surface area (TPSA) is 52.0 Å². The van der Waals surface area contributed by atoms with Crippen molar-refractivity contribution in [2.75, 3.05) is 0 Å². The average Bonchev–Trinajstić information content (AvgIpc) is 2.50. The molecule has 0 saturated carbocycles. The van der Waals surface area contributed by atoms with Crippen molar-refractivity contribution in [3.8, 4) is 0 Å². The molecule has 2 aromatic rings. The average molecular weight is 162 g/mol. The first-order valence-electron chi connectivity index (χ1n) is 3.85. The Kier molecular flexibility index (Phi) is 1.59. The van der Waals surface area contributed by atoms with Gasteiger partial charge in [0.2, 0.25) is 0 Å². The second kappa shape index (κ2) is 2.60. The number of hydrogen-bond donors (Lipinski definition) is 1. The van der Waals surface area contributed by atoms with Crippen molar-refractivity contribution >= 4 is 11.0 Å². The van der Waals surface area contributed by atoms with Crippen LogP contribution in [-0.4, -0.2) is 5.16 Å². The van der Waals surface area contributed by atoms with Crippen LogP contribution in [0.1, 0.15) is 11.1 Å². The number of aryl methyl sites for hydroxylation is 1. The first-order valence-corrected chi connectivity index (χ1v) is 3.85. The van der Waals surface area contributed by atoms with E-state index < -0.39 is 0 Å². The summed E-state index contributed by atoms with van der Waals surface area (Å²) in [5, 5.41) is 4.74. The van der Waals surface area contributed by atoms with Gasteiger partial charge in [0, 0.05) is 17.5 Å². The van der Waals surface area contributed by atoms with E-state index in [2.05, 4.69) is 5.16 Å². The third-order valence-electron chi connectivity index (χ3n) is 1.89. The normalized spacial score (nSPS) is 10.8. The van der Waals surface area contributed by atoms with Crippen LogP contribution in [0.3, 0.4) is 0 Å². The Morgan fingerprint density at radius 1 is 1.50 bits per heavy atom. The highest BCUT2D eigenvalue weighted by Crippen LogP contribution is 2.19. The van der Waals surface area contributed by atoms with Gasteiger partial charge in [0.05, 0.1) is 6.20 Å². The molecule has 3 heteroatoms. The zero-order chi connectivity index (χ0) is 8.55. The van der Waals surface area contributed by atoms with Crippen LogP contribution >= 0.6 is 0 Å². The highest BCUT2D eigenvalue weighted by atomic mass is 16.5. The van der Waals surface area contributed by atoms with Crippen molar-refractivity contribution in [3.05, 3.63) is 29.5 Å². The van der Waals surface area contributed by atoms with Crippen molar-refractivity contribution in [2.45, 2.75) is 13.5 Å². The maximum absolute atomic E-state index is 5.56. The first kappa shape index (κ1) is 7.31. The molecule has 1 heterocycles. The summed E-state index contributed by atoms with van der Waals surface area (Å²) in [5.74, 6) is 0. The van der Waals surface area contributed by atoms with E-state index in [0.717, 1.165) is 16.5 Å². The van der Waals surface area contributed by atoms with E-state index in [1.807, 2.05) is 19.1 Å². The van der Waals surface area contributed by atoms with Crippen LogP contribution in [0, 0.1) is 6.92 Å². The number of nitrogens with two attached hydrogens (primary N) is 1. The van der Waals surface area contributed by atoms with Crippen LogP contribution < -0.4 is 5.73 Å². The Morgan fingerprint density at radius 3 is 3.08 bits per heavy atom. The van der Waals surface area contributed by atoms with Crippen LogP contribution in [0.25, 0.3) is 11.0 Å². The van der Waals surface area contributed by atoms with E-state index in [4.69, 9.17) is 10.3 Å². The Hall–Kier alpha value is -1.35. The van der Waals surface area contributed by atoms with Crippen LogP contribution in [0.2, 0.25) is 0 Å². The number of hydrogen-bond acceptors (Lipinski definition) is 3. The summed E-state index contributed by atoms with van der Waals surface area (Å²) < 4.78 is 5.06. The lowest BCUT2D eigenvalue weighted by Crippen LogP contribution is -1.96. The fourth-order valence-corrected chi connectivity index (χ4v) is 1.37. The summed E-state index contributed by atoms with van der Waals surface area (Å²) in [6.07, 6.45) is 1.71. The van der Waals surface area contributed by atoms with Crippen LogP contribution in [0.4, 0.5) is 0 Å². The van der Waals surface area contributed by atoms with E-state index in [-0.39, 0.29) is 0 Å². The van der Waals surface area contributed by atoms with Crippen LogP contribution in [0.5, 0.6) is 0 Å². The van der Waals surface area contributed by atoms with Gasteiger partial charge in [-0.25, -0.2) is 0 Å². The van der Waals surface area contributed by atoms with Crippen LogP contribution in [0.15, 0.2) is 22.9 Å². The van der Waals surface area contributed by atoms with Gasteiger partial charge in [-0.15, -0.1) is 0 Å². The van der Waals surface area contributed by atoms with Gasteiger partial charge in [-0.2, -0.15) is 0 Å². The van der Waals surface area contributed by atoms with Gasteiger partial charge in [-0.3, -0.25) is 0 Å². The van der Waals surface area contributed by atoms with E-state index >= 15 is 0 Å². The predicted molar refractivity (Wildman–Crippen MR) is 46.6 cm³/mol. The smallest absolute Gasteiger partial charge is 0.171 e. The lowest BCUT2D eigenvalue weighted by atomic mass is 10.1. The van der Waals surface area contributed by atoms with E-state index in [1.165, 1.54) is 5.56 Å². The molecular weight excluding hydrogens is 152 g/mol. The number of rotatable bonds is 1. The minimum Gasteiger partial charge on any atom is -0.356 e. The second-order valence-electron chi connectivity index (χ2n) is 2.87. The number of nitrogens with zero attached hydrogens (tertiary/aromatic N) is 1. The lowest BCUT2D eigenvalue weighted by molar-refractivity contribution is 0.454. The zero-order valence-corrected chi connectivity index (χ0v) is 6.87. The van der Waals surface area contributed by atoms with Gasteiger partial charge < -0.3 is 10.3 Å². The molecular formula is C9H10N2O. The van der Waals surface area contributed by atoms with Crippen molar-refractivity contribution in [1.29, 1.82) is 0 Å². The summed E-state index contributed by atoms with van der Waals surface area (Å²) in [7, 11) is 0. The third kappa shape index (κ3) is 0.987. The van der Waals surface area contributed by atoms with Crippen molar-refractivity contribution < 1.29 is 4.52 Å². The van der Waals surface area contributed by atoms with Crippen molar-refractivity contribution in [3.63, 3.8) is 0 Å². The van der Waals surface area contributed by atoms with E-state index in [0.29, 0.717) is 6.54 Å². The molecule has 0 fully saturated rings. The quantitative estimate of drug-likeness (QED) is 0.692. The molecule has 12 heavy (non-hydrogen) atoms. The standard InChI is InChI=1S/C9H10N2O/c1-6-2-7(4-10)9-8(3-6)5-11-12-9/h2-3,5H,4,10H2,1H3. The molecule has 0 aliphatic heterocycles. The van der Waals surface area contributed by atoms with Gasteiger partial charge >= 0.3 is 0 Å². The molecule has 2 N–H and O–H groups in total. The molecule has 0 atom stereocenters. The molecule has 0 bridgehead atoms. The number of benzene rings is 1. The Morgan fingerprint density at radius 2 is 2.33 bits per heavy atom. The van der Waals surface area contributed by atoms with E-state index in [1.54, 1.807) is 6.20 Å². The summed E-state index contributed by atoms with van der Waals surface area (Å²) >= 11 is 0. The summed E-state index contributed by atoms with van der Waals surface area (Å²) in [5.41, 5.74) is 8.57. The molecule has 0 saturated heterocycles. The highest BCUT2D eigenvalue weighted by molar-refractivity contribution is 5.80. The maximum atomic E-state index is 5.56. The molecule has 1 aromatic heterocycles. The summed E-state index contributed by atoms with van der Waals surface area (Å²) in [6.45, 7) is 2.53. The van der Waals surface area contributed by atoms with Gasteiger partial charge in [0.15, 0.2) is 5.58 Å². The van der Waals surface area contributed by atoms with Gasteiger partial charge in [-0.1, -0.05) is 11.2 Å². The fourth-order valence-electron chi connectivity index (χ4n) is 1.37. The Labute approximate surface area is 70.1 Å². The van der Waals surface area contributed by atoms with Gasteiger partial charge in [-0.05, 0) is 18.6 Å². The fraction of sp³-hybridized carbons (Fsp3) is 0.222. The van der Waals surface area contributed by atoms with Crippen molar-refractivity contribution in [2.24, 2.45) is 5.73 Å². The first-order chi connectivity index (χ1) is 5.81. The Balaban J connectivity index is 2.80. The monoisotopic (exact) mass is 162 g/mol. The molecule has 0 aliphatic carbocycles. The summed E-state index contributed by atoms with van der Waals surface area (Å²) in [4.78, 5) is 0. The largest absolute Gasteiger partial charge is 0.356 e. The molecule has 0 spiro atoms.